The van der Waals surface area contributed by atoms with Crippen LogP contribution in [0.1, 0.15) is 38.8 Å². The summed E-state index contributed by atoms with van der Waals surface area (Å²) in [5, 5.41) is 2.68. The number of nitrogens with one attached hydrogen (secondary N) is 1. The van der Waals surface area contributed by atoms with Crippen molar-refractivity contribution in [2.24, 2.45) is 5.41 Å². The van der Waals surface area contributed by atoms with Crippen molar-refractivity contribution in [2.75, 3.05) is 13.1 Å². The van der Waals surface area contributed by atoms with E-state index in [0.717, 1.165) is 12.0 Å². The highest BCUT2D eigenvalue weighted by atomic mass is 16.2. The van der Waals surface area contributed by atoms with E-state index in [1.807, 2.05) is 30.3 Å². The van der Waals surface area contributed by atoms with Crippen LogP contribution in [0.4, 0.5) is 0 Å². The molecule has 1 N–H and O–H groups in total. The lowest BCUT2D eigenvalue weighted by molar-refractivity contribution is -0.147. The first kappa shape index (κ1) is 14.6. The van der Waals surface area contributed by atoms with Gasteiger partial charge in [-0.2, -0.15) is 0 Å². The molecule has 1 aromatic carbocycles. The number of piperazine rings is 1. The van der Waals surface area contributed by atoms with Gasteiger partial charge in [0.1, 0.15) is 6.04 Å². The summed E-state index contributed by atoms with van der Waals surface area (Å²) in [5.41, 5.74) is 0.866. The monoisotopic (exact) mass is 274 g/mol. The smallest absolute Gasteiger partial charge is 0.247 e. The van der Waals surface area contributed by atoms with E-state index in [-0.39, 0.29) is 23.8 Å². The van der Waals surface area contributed by atoms with E-state index >= 15 is 0 Å². The Morgan fingerprint density at radius 1 is 1.25 bits per heavy atom. The largest absolute Gasteiger partial charge is 0.345 e. The van der Waals surface area contributed by atoms with Gasteiger partial charge >= 0.3 is 0 Å². The van der Waals surface area contributed by atoms with Gasteiger partial charge in [-0.05, 0) is 17.4 Å². The Kier molecular flexibility index (Phi) is 4.12. The second kappa shape index (κ2) is 5.65. The molecule has 0 saturated carbocycles. The van der Waals surface area contributed by atoms with E-state index in [4.69, 9.17) is 0 Å². The average molecular weight is 274 g/mol. The topological polar surface area (TPSA) is 49.4 Å². The van der Waals surface area contributed by atoms with Crippen LogP contribution in [0.3, 0.4) is 0 Å². The lowest BCUT2D eigenvalue weighted by atomic mass is 9.88. The standard InChI is InChI=1S/C16H22N2O2/c1-4-16(2,3)11-18-13(19)10-17-15(20)14(18)12-8-6-5-7-9-12/h5-9,14H,4,10-11H2,1-3H3,(H,17,20). The predicted molar refractivity (Wildman–Crippen MR) is 78.0 cm³/mol. The molecule has 0 spiro atoms. The van der Waals surface area contributed by atoms with Gasteiger partial charge in [0.2, 0.25) is 11.8 Å². The van der Waals surface area contributed by atoms with Crippen LogP contribution in [0.2, 0.25) is 0 Å². The highest BCUT2D eigenvalue weighted by Gasteiger charge is 2.37. The quantitative estimate of drug-likeness (QED) is 0.914. The van der Waals surface area contributed by atoms with Crippen LogP contribution in [0, 0.1) is 5.41 Å². The van der Waals surface area contributed by atoms with Crippen LogP contribution in [0.25, 0.3) is 0 Å². The Balaban J connectivity index is 2.33. The van der Waals surface area contributed by atoms with E-state index < -0.39 is 6.04 Å². The third kappa shape index (κ3) is 3.00. The second-order valence-electron chi connectivity index (χ2n) is 6.07. The zero-order valence-corrected chi connectivity index (χ0v) is 12.3. The molecule has 0 radical (unpaired) electrons. The van der Waals surface area contributed by atoms with Crippen LogP contribution in [0.5, 0.6) is 0 Å². The van der Waals surface area contributed by atoms with Crippen molar-refractivity contribution in [1.29, 1.82) is 0 Å². The number of carbonyl (C=O) groups is 2. The molecule has 1 aliphatic heterocycles. The van der Waals surface area contributed by atoms with E-state index in [2.05, 4.69) is 26.1 Å². The minimum atomic E-state index is -0.511. The minimum absolute atomic E-state index is 0.000308. The zero-order chi connectivity index (χ0) is 14.8. The van der Waals surface area contributed by atoms with Crippen LogP contribution in [-0.4, -0.2) is 29.8 Å². The van der Waals surface area contributed by atoms with Crippen molar-refractivity contribution < 1.29 is 9.59 Å². The normalized spacial score (nSPS) is 19.9. The highest BCUT2D eigenvalue weighted by Crippen LogP contribution is 2.29. The first-order chi connectivity index (χ1) is 9.44. The fraction of sp³-hybridized carbons (Fsp3) is 0.500. The van der Waals surface area contributed by atoms with E-state index in [0.29, 0.717) is 6.54 Å². The van der Waals surface area contributed by atoms with E-state index in [1.165, 1.54) is 0 Å². The van der Waals surface area contributed by atoms with Gasteiger partial charge in [0.15, 0.2) is 0 Å². The summed E-state index contributed by atoms with van der Waals surface area (Å²) in [6, 6.07) is 8.98. The number of hydrogen-bond acceptors (Lipinski definition) is 2. The van der Waals surface area contributed by atoms with E-state index in [1.54, 1.807) is 4.90 Å². The number of carbonyl (C=O) groups excluding carboxylic acids is 2. The van der Waals surface area contributed by atoms with Crippen LogP contribution in [0.15, 0.2) is 30.3 Å². The first-order valence-corrected chi connectivity index (χ1v) is 7.07. The number of amides is 2. The van der Waals surface area contributed by atoms with Gasteiger partial charge in [0.05, 0.1) is 6.54 Å². The SMILES string of the molecule is CCC(C)(C)CN1C(=O)CNC(=O)C1c1ccccc1. The summed E-state index contributed by atoms with van der Waals surface area (Å²) in [7, 11) is 0. The summed E-state index contributed by atoms with van der Waals surface area (Å²) >= 11 is 0. The molecule has 4 nitrogen and oxygen atoms in total. The molecule has 20 heavy (non-hydrogen) atoms. The molecule has 1 unspecified atom stereocenters. The molecule has 108 valence electrons. The molecule has 0 aliphatic carbocycles. The molecule has 1 saturated heterocycles. The molecular weight excluding hydrogens is 252 g/mol. The molecule has 4 heteroatoms. The fourth-order valence-corrected chi connectivity index (χ4v) is 2.37. The maximum atomic E-state index is 12.2. The molecule has 1 aliphatic rings. The Hall–Kier alpha value is -1.84. The van der Waals surface area contributed by atoms with Gasteiger partial charge in [-0.3, -0.25) is 9.59 Å². The van der Waals surface area contributed by atoms with Crippen molar-refractivity contribution in [3.63, 3.8) is 0 Å². The lowest BCUT2D eigenvalue weighted by Crippen LogP contribution is -2.55. The highest BCUT2D eigenvalue weighted by molar-refractivity contribution is 5.95. The molecule has 1 aromatic rings. The van der Waals surface area contributed by atoms with Crippen LogP contribution < -0.4 is 5.32 Å². The Labute approximate surface area is 120 Å². The molecule has 2 amide bonds. The number of rotatable bonds is 4. The summed E-state index contributed by atoms with van der Waals surface area (Å²) < 4.78 is 0. The van der Waals surface area contributed by atoms with Gasteiger partial charge in [-0.15, -0.1) is 0 Å². The Morgan fingerprint density at radius 2 is 1.90 bits per heavy atom. The van der Waals surface area contributed by atoms with Crippen molar-refractivity contribution in [3.8, 4) is 0 Å². The molecule has 0 bridgehead atoms. The van der Waals surface area contributed by atoms with Gasteiger partial charge < -0.3 is 10.2 Å². The molecular formula is C16H22N2O2. The lowest BCUT2D eigenvalue weighted by Gasteiger charge is -2.39. The van der Waals surface area contributed by atoms with Gasteiger partial charge in [0.25, 0.3) is 0 Å². The molecule has 2 rings (SSSR count). The maximum Gasteiger partial charge on any atom is 0.247 e. The number of nitrogens with zero attached hydrogens (tertiary/aromatic N) is 1. The van der Waals surface area contributed by atoms with Crippen molar-refractivity contribution in [1.82, 2.24) is 10.2 Å². The van der Waals surface area contributed by atoms with Gasteiger partial charge in [-0.25, -0.2) is 0 Å². The number of benzene rings is 1. The van der Waals surface area contributed by atoms with Crippen LogP contribution >= 0.6 is 0 Å². The summed E-state index contributed by atoms with van der Waals surface area (Å²) in [5.74, 6) is -0.109. The third-order valence-corrected chi connectivity index (χ3v) is 3.97. The predicted octanol–water partition coefficient (Wildman–Crippen LogP) is 2.12. The zero-order valence-electron chi connectivity index (χ0n) is 12.3. The second-order valence-corrected chi connectivity index (χ2v) is 6.07. The maximum absolute atomic E-state index is 12.2. The van der Waals surface area contributed by atoms with Gasteiger partial charge in [-0.1, -0.05) is 51.1 Å². The first-order valence-electron chi connectivity index (χ1n) is 7.07. The van der Waals surface area contributed by atoms with E-state index in [9.17, 15) is 9.59 Å². The Bertz CT molecular complexity index is 496. The minimum Gasteiger partial charge on any atom is -0.345 e. The molecule has 1 atom stereocenters. The summed E-state index contributed by atoms with van der Waals surface area (Å²) in [6.45, 7) is 7.03. The molecule has 1 fully saturated rings. The van der Waals surface area contributed by atoms with Crippen molar-refractivity contribution >= 4 is 11.8 Å². The summed E-state index contributed by atoms with van der Waals surface area (Å²) in [6.07, 6.45) is 0.958. The third-order valence-electron chi connectivity index (χ3n) is 3.97. The molecule has 0 aromatic heterocycles. The number of hydrogen-bond donors (Lipinski definition) is 1. The molecule has 1 heterocycles. The van der Waals surface area contributed by atoms with Gasteiger partial charge in [0, 0.05) is 6.54 Å². The van der Waals surface area contributed by atoms with Crippen molar-refractivity contribution in [2.45, 2.75) is 33.2 Å². The van der Waals surface area contributed by atoms with Crippen LogP contribution in [-0.2, 0) is 9.59 Å². The average Bonchev–Trinajstić information content (AvgIpc) is 2.44. The Morgan fingerprint density at radius 3 is 2.50 bits per heavy atom. The van der Waals surface area contributed by atoms with Crippen molar-refractivity contribution in [3.05, 3.63) is 35.9 Å². The fourth-order valence-electron chi connectivity index (χ4n) is 2.37. The summed E-state index contributed by atoms with van der Waals surface area (Å²) in [4.78, 5) is 26.2.